The van der Waals surface area contributed by atoms with E-state index in [9.17, 15) is 9.59 Å². The first kappa shape index (κ1) is 16.9. The molecule has 0 unspecified atom stereocenters. The Balaban J connectivity index is 4.32. The largest absolute Gasteiger partial charge is 0.481 e. The Labute approximate surface area is 108 Å². The molecule has 0 atom stereocenters. The minimum atomic E-state index is -1.07. The van der Waals surface area contributed by atoms with E-state index in [1.807, 2.05) is 0 Å². The third kappa shape index (κ3) is 4.62. The van der Waals surface area contributed by atoms with Gasteiger partial charge in [0.15, 0.2) is 0 Å². The molecule has 6 nitrogen and oxygen atoms in total. The van der Waals surface area contributed by atoms with Crippen LogP contribution in [0.4, 0.5) is 0 Å². The van der Waals surface area contributed by atoms with Crippen LogP contribution in [0.1, 0.15) is 27.7 Å². The lowest BCUT2D eigenvalue weighted by atomic mass is 9.74. The summed E-state index contributed by atoms with van der Waals surface area (Å²) in [6.07, 6.45) is 0. The zero-order valence-electron chi connectivity index (χ0n) is 11.7. The van der Waals surface area contributed by atoms with Gasteiger partial charge in [-0.2, -0.15) is 0 Å². The molecule has 0 fully saturated rings. The molecular weight excluding hydrogens is 238 g/mol. The fourth-order valence-corrected chi connectivity index (χ4v) is 1.12. The van der Waals surface area contributed by atoms with Gasteiger partial charge in [-0.25, -0.2) is 0 Å². The van der Waals surface area contributed by atoms with E-state index >= 15 is 0 Å². The van der Waals surface area contributed by atoms with Crippen LogP contribution in [-0.2, 0) is 19.1 Å². The highest BCUT2D eigenvalue weighted by Crippen LogP contribution is 2.30. The molecular formula is C12H23NO5. The van der Waals surface area contributed by atoms with Gasteiger partial charge in [-0.05, 0) is 27.7 Å². The molecule has 18 heavy (non-hydrogen) atoms. The normalized spacial score (nSPS) is 12.3. The van der Waals surface area contributed by atoms with Crippen molar-refractivity contribution in [1.82, 2.24) is 5.32 Å². The first-order valence-corrected chi connectivity index (χ1v) is 5.76. The third-order valence-corrected chi connectivity index (χ3v) is 3.21. The van der Waals surface area contributed by atoms with Crippen LogP contribution < -0.4 is 5.32 Å². The number of rotatable bonds is 8. The molecule has 0 aliphatic heterocycles. The number of nitrogens with one attached hydrogen (secondary N) is 1. The smallest absolute Gasteiger partial charge is 0.311 e. The predicted octanol–water partition coefficient (Wildman–Crippen LogP) is 0.655. The van der Waals surface area contributed by atoms with E-state index in [0.29, 0.717) is 13.2 Å². The van der Waals surface area contributed by atoms with Gasteiger partial charge in [0.05, 0.1) is 24.2 Å². The van der Waals surface area contributed by atoms with Crippen LogP contribution in [0.25, 0.3) is 0 Å². The van der Waals surface area contributed by atoms with Crippen molar-refractivity contribution in [3.8, 4) is 0 Å². The van der Waals surface area contributed by atoms with Gasteiger partial charge in [-0.15, -0.1) is 0 Å². The molecule has 2 N–H and O–H groups in total. The number of carboxylic acid groups (broad SMARTS) is 1. The lowest BCUT2D eigenvalue weighted by molar-refractivity contribution is -0.152. The molecule has 0 radical (unpaired) electrons. The van der Waals surface area contributed by atoms with Gasteiger partial charge in [0.25, 0.3) is 0 Å². The molecule has 1 amide bonds. The molecule has 0 saturated heterocycles. The fraction of sp³-hybridized carbons (Fsp3) is 0.833. The second-order valence-electron chi connectivity index (χ2n) is 5.15. The van der Waals surface area contributed by atoms with Gasteiger partial charge in [-0.1, -0.05) is 0 Å². The highest BCUT2D eigenvalue weighted by Gasteiger charge is 2.44. The molecule has 0 heterocycles. The van der Waals surface area contributed by atoms with E-state index in [-0.39, 0.29) is 12.5 Å². The number of carbonyl (C=O) groups excluding carboxylic acids is 1. The molecule has 6 heteroatoms. The van der Waals surface area contributed by atoms with E-state index in [4.69, 9.17) is 14.6 Å². The summed E-state index contributed by atoms with van der Waals surface area (Å²) in [6.45, 7) is 7.12. The summed E-state index contributed by atoms with van der Waals surface area (Å²) in [4.78, 5) is 22.8. The number of carbonyl (C=O) groups is 2. The monoisotopic (exact) mass is 261 g/mol. The van der Waals surface area contributed by atoms with Crippen molar-refractivity contribution >= 4 is 11.9 Å². The minimum absolute atomic E-state index is 0.109. The van der Waals surface area contributed by atoms with Crippen LogP contribution in [0.5, 0.6) is 0 Å². The highest BCUT2D eigenvalue weighted by molar-refractivity contribution is 5.81. The van der Waals surface area contributed by atoms with Gasteiger partial charge < -0.3 is 19.9 Å². The SMILES string of the molecule is COCCOCC(=O)NC(C)(C)C(C)(C)C(=O)O. The third-order valence-electron chi connectivity index (χ3n) is 3.21. The van der Waals surface area contributed by atoms with Gasteiger partial charge in [0, 0.05) is 7.11 Å². The average molecular weight is 261 g/mol. The predicted molar refractivity (Wildman–Crippen MR) is 66.3 cm³/mol. The van der Waals surface area contributed by atoms with Crippen LogP contribution in [0, 0.1) is 5.41 Å². The molecule has 0 aromatic heterocycles. The maximum Gasteiger partial charge on any atom is 0.311 e. The molecule has 0 aliphatic carbocycles. The van der Waals surface area contributed by atoms with E-state index in [2.05, 4.69) is 5.32 Å². The number of hydrogen-bond donors (Lipinski definition) is 2. The van der Waals surface area contributed by atoms with Crippen molar-refractivity contribution in [3.63, 3.8) is 0 Å². The maximum absolute atomic E-state index is 11.6. The van der Waals surface area contributed by atoms with Crippen LogP contribution in [0.3, 0.4) is 0 Å². The Hall–Kier alpha value is -1.14. The summed E-state index contributed by atoms with van der Waals surface area (Å²) in [5.41, 5.74) is -1.95. The summed E-state index contributed by atoms with van der Waals surface area (Å²) >= 11 is 0. The van der Waals surface area contributed by atoms with Crippen LogP contribution in [0.15, 0.2) is 0 Å². The van der Waals surface area contributed by atoms with Gasteiger partial charge >= 0.3 is 5.97 Å². The van der Waals surface area contributed by atoms with Crippen LogP contribution in [-0.4, -0.2) is 49.5 Å². The molecule has 0 saturated carbocycles. The molecule has 106 valence electrons. The van der Waals surface area contributed by atoms with Crippen LogP contribution >= 0.6 is 0 Å². The average Bonchev–Trinajstić information content (AvgIpc) is 2.23. The van der Waals surface area contributed by atoms with Gasteiger partial charge in [-0.3, -0.25) is 9.59 Å². The molecule has 0 aliphatic rings. The van der Waals surface area contributed by atoms with Gasteiger partial charge in [0.1, 0.15) is 6.61 Å². The van der Waals surface area contributed by atoms with Crippen molar-refractivity contribution < 1.29 is 24.2 Å². The zero-order valence-corrected chi connectivity index (χ0v) is 11.7. The number of methoxy groups -OCH3 is 1. The van der Waals surface area contributed by atoms with E-state index < -0.39 is 16.9 Å². The fourth-order valence-electron chi connectivity index (χ4n) is 1.12. The quantitative estimate of drug-likeness (QED) is 0.627. The number of aliphatic carboxylic acids is 1. The molecule has 0 aromatic carbocycles. The van der Waals surface area contributed by atoms with Crippen LogP contribution in [0.2, 0.25) is 0 Å². The van der Waals surface area contributed by atoms with Crippen molar-refractivity contribution in [3.05, 3.63) is 0 Å². The van der Waals surface area contributed by atoms with Crippen molar-refractivity contribution in [2.75, 3.05) is 26.9 Å². The topological polar surface area (TPSA) is 84.9 Å². The Bertz CT molecular complexity index is 299. The van der Waals surface area contributed by atoms with Crippen molar-refractivity contribution in [2.24, 2.45) is 5.41 Å². The second kappa shape index (κ2) is 6.70. The number of ether oxygens (including phenoxy) is 2. The lowest BCUT2D eigenvalue weighted by Gasteiger charge is -2.38. The van der Waals surface area contributed by atoms with E-state index in [0.717, 1.165) is 0 Å². The standard InChI is InChI=1S/C12H23NO5/c1-11(2,10(15)16)12(3,4)13-9(14)8-18-7-6-17-5/h6-8H2,1-5H3,(H,13,14)(H,15,16). The van der Waals surface area contributed by atoms with Crippen molar-refractivity contribution in [1.29, 1.82) is 0 Å². The number of carboxylic acids is 1. The highest BCUT2D eigenvalue weighted by atomic mass is 16.5. The Morgan fingerprint density at radius 2 is 1.72 bits per heavy atom. The summed E-state index contributed by atoms with van der Waals surface area (Å²) in [5, 5.41) is 11.8. The summed E-state index contributed by atoms with van der Waals surface area (Å²) in [6, 6.07) is 0. The zero-order chi connectivity index (χ0) is 14.4. The molecule has 0 rings (SSSR count). The number of amides is 1. The summed E-state index contributed by atoms with van der Waals surface area (Å²) in [7, 11) is 1.54. The van der Waals surface area contributed by atoms with Gasteiger partial charge in [0.2, 0.25) is 5.91 Å². The Kier molecular flexibility index (Phi) is 6.28. The summed E-state index contributed by atoms with van der Waals surface area (Å²) < 4.78 is 9.85. The van der Waals surface area contributed by atoms with E-state index in [1.54, 1.807) is 34.8 Å². The molecule has 0 bridgehead atoms. The minimum Gasteiger partial charge on any atom is -0.481 e. The Morgan fingerprint density at radius 1 is 1.17 bits per heavy atom. The lowest BCUT2D eigenvalue weighted by Crippen LogP contribution is -2.57. The second-order valence-corrected chi connectivity index (χ2v) is 5.15. The number of hydrogen-bond acceptors (Lipinski definition) is 4. The maximum atomic E-state index is 11.6. The van der Waals surface area contributed by atoms with E-state index in [1.165, 1.54) is 0 Å². The molecule has 0 aromatic rings. The Morgan fingerprint density at radius 3 is 2.17 bits per heavy atom. The molecule has 0 spiro atoms. The first-order valence-electron chi connectivity index (χ1n) is 5.76. The van der Waals surface area contributed by atoms with Crippen molar-refractivity contribution in [2.45, 2.75) is 33.2 Å². The summed E-state index contributed by atoms with van der Waals surface area (Å²) in [5.74, 6) is -1.31. The first-order chi connectivity index (χ1) is 8.15.